The Hall–Kier alpha value is -4.92. The summed E-state index contributed by atoms with van der Waals surface area (Å²) in [6.45, 7) is 5.81. The van der Waals surface area contributed by atoms with Gasteiger partial charge in [-0.25, -0.2) is 14.8 Å². The van der Waals surface area contributed by atoms with Gasteiger partial charge in [0.25, 0.3) is 0 Å². The predicted molar refractivity (Wildman–Crippen MR) is 145 cm³/mol. The molecule has 186 valence electrons. The van der Waals surface area contributed by atoms with E-state index in [1.54, 1.807) is 6.20 Å². The van der Waals surface area contributed by atoms with Gasteiger partial charge in [-0.05, 0) is 48.0 Å². The van der Waals surface area contributed by atoms with E-state index in [0.717, 1.165) is 33.4 Å². The number of anilines is 4. The van der Waals surface area contributed by atoms with Crippen LogP contribution in [0.2, 0.25) is 0 Å². The van der Waals surface area contributed by atoms with Crippen LogP contribution in [0, 0.1) is 0 Å². The molecular formula is C28H26N6O3. The Morgan fingerprint density at radius 2 is 1.70 bits per heavy atom. The van der Waals surface area contributed by atoms with Crippen LogP contribution >= 0.6 is 0 Å². The summed E-state index contributed by atoms with van der Waals surface area (Å²) in [4.78, 5) is 35.7. The van der Waals surface area contributed by atoms with E-state index in [4.69, 9.17) is 10.1 Å². The lowest BCUT2D eigenvalue weighted by Crippen LogP contribution is -2.48. The normalized spacial score (nSPS) is 13.3. The van der Waals surface area contributed by atoms with Crippen LogP contribution in [0.5, 0.6) is 0 Å². The van der Waals surface area contributed by atoms with Crippen molar-refractivity contribution < 1.29 is 14.7 Å². The quantitative estimate of drug-likeness (QED) is 0.325. The Balaban J connectivity index is 1.35. The van der Waals surface area contributed by atoms with E-state index in [9.17, 15) is 9.59 Å². The Labute approximate surface area is 214 Å². The third kappa shape index (κ3) is 5.35. The average molecular weight is 495 g/mol. The first-order valence-electron chi connectivity index (χ1n) is 11.9. The van der Waals surface area contributed by atoms with Crippen LogP contribution in [0.4, 0.5) is 27.8 Å². The average Bonchev–Trinajstić information content (AvgIpc) is 2.93. The number of rotatable bonds is 6. The molecule has 1 aliphatic rings. The van der Waals surface area contributed by atoms with E-state index in [0.29, 0.717) is 37.8 Å². The van der Waals surface area contributed by atoms with Crippen LogP contribution in [0.15, 0.2) is 85.6 Å². The molecule has 1 saturated heterocycles. The number of carbonyl (C=O) groups is 2. The molecule has 4 aromatic rings. The van der Waals surface area contributed by atoms with E-state index < -0.39 is 6.09 Å². The molecule has 9 heteroatoms. The standard InChI is InChI=1S/C28H26N6O3/c1-2-25(35)30-22-7-3-5-19(17-22)24-8-4-6-20-18-29-27(32-26(20)24)31-21-9-11-23(12-10-21)33-13-15-34(16-14-33)28(36)37/h2-12,17-18H,1,13-16H2,(H,30,35)(H,36,37)(H,29,31,32). The van der Waals surface area contributed by atoms with Crippen LogP contribution in [0.3, 0.4) is 0 Å². The van der Waals surface area contributed by atoms with Crippen molar-refractivity contribution in [3.63, 3.8) is 0 Å². The van der Waals surface area contributed by atoms with Crippen molar-refractivity contribution in [1.82, 2.24) is 14.9 Å². The topological polar surface area (TPSA) is 111 Å². The number of carbonyl (C=O) groups excluding carboxylic acids is 1. The lowest BCUT2D eigenvalue weighted by atomic mass is 10.0. The Bertz CT molecular complexity index is 1460. The number of benzene rings is 3. The van der Waals surface area contributed by atoms with Gasteiger partial charge in [0.2, 0.25) is 11.9 Å². The predicted octanol–water partition coefficient (Wildman–Crippen LogP) is 4.96. The van der Waals surface area contributed by atoms with Gasteiger partial charge in [-0.2, -0.15) is 0 Å². The highest BCUT2D eigenvalue weighted by Gasteiger charge is 2.20. The highest BCUT2D eigenvalue weighted by molar-refractivity contribution is 6.00. The van der Waals surface area contributed by atoms with Gasteiger partial charge in [0.05, 0.1) is 5.52 Å². The zero-order valence-corrected chi connectivity index (χ0v) is 20.1. The second-order valence-electron chi connectivity index (χ2n) is 8.64. The fourth-order valence-electron chi connectivity index (χ4n) is 4.35. The second-order valence-corrected chi connectivity index (χ2v) is 8.64. The molecule has 3 N–H and O–H groups in total. The number of carboxylic acid groups (broad SMARTS) is 1. The molecule has 0 spiro atoms. The van der Waals surface area contributed by atoms with Crippen LogP contribution in [0.1, 0.15) is 0 Å². The fraction of sp³-hybridized carbons (Fsp3) is 0.143. The molecule has 2 heterocycles. The Kier molecular flexibility index (Phi) is 6.67. The molecule has 0 aliphatic carbocycles. The van der Waals surface area contributed by atoms with E-state index >= 15 is 0 Å². The number of amides is 2. The highest BCUT2D eigenvalue weighted by Crippen LogP contribution is 2.30. The second kappa shape index (κ2) is 10.4. The molecule has 2 amide bonds. The maximum Gasteiger partial charge on any atom is 0.407 e. The number of piperazine rings is 1. The molecule has 0 bridgehead atoms. The van der Waals surface area contributed by atoms with Crippen LogP contribution in [-0.2, 0) is 4.79 Å². The van der Waals surface area contributed by atoms with Gasteiger partial charge in [0, 0.05) is 60.4 Å². The van der Waals surface area contributed by atoms with Gasteiger partial charge < -0.3 is 25.5 Å². The molecule has 1 aliphatic heterocycles. The number of hydrogen-bond acceptors (Lipinski definition) is 6. The van der Waals surface area contributed by atoms with Gasteiger partial charge in [0.1, 0.15) is 0 Å². The summed E-state index contributed by atoms with van der Waals surface area (Å²) >= 11 is 0. The number of nitrogens with zero attached hydrogens (tertiary/aromatic N) is 4. The van der Waals surface area contributed by atoms with Crippen molar-refractivity contribution in [3.05, 3.63) is 85.6 Å². The van der Waals surface area contributed by atoms with E-state index in [-0.39, 0.29) is 5.91 Å². The van der Waals surface area contributed by atoms with Gasteiger partial charge in [-0.1, -0.05) is 36.9 Å². The minimum atomic E-state index is -0.870. The lowest BCUT2D eigenvalue weighted by molar-refractivity contribution is -0.111. The number of nitrogens with one attached hydrogen (secondary N) is 2. The summed E-state index contributed by atoms with van der Waals surface area (Å²) in [7, 11) is 0. The molecular weight excluding hydrogens is 468 g/mol. The molecule has 0 saturated carbocycles. The first kappa shape index (κ1) is 23.8. The third-order valence-electron chi connectivity index (χ3n) is 6.28. The maximum atomic E-state index is 11.7. The molecule has 0 unspecified atom stereocenters. The molecule has 0 radical (unpaired) electrons. The molecule has 1 fully saturated rings. The zero-order valence-electron chi connectivity index (χ0n) is 20.1. The SMILES string of the molecule is C=CC(=O)Nc1cccc(-c2cccc3cnc(Nc4ccc(N5CCN(C(=O)O)CC5)cc4)nc23)c1. The lowest BCUT2D eigenvalue weighted by Gasteiger charge is -2.34. The first-order valence-corrected chi connectivity index (χ1v) is 11.9. The molecule has 37 heavy (non-hydrogen) atoms. The molecule has 3 aromatic carbocycles. The van der Waals surface area contributed by atoms with Gasteiger partial charge >= 0.3 is 6.09 Å². The summed E-state index contributed by atoms with van der Waals surface area (Å²) < 4.78 is 0. The molecule has 9 nitrogen and oxygen atoms in total. The van der Waals surface area contributed by atoms with Crippen molar-refractivity contribution in [2.45, 2.75) is 0 Å². The van der Waals surface area contributed by atoms with Gasteiger partial charge in [0.15, 0.2) is 0 Å². The fourth-order valence-corrected chi connectivity index (χ4v) is 4.35. The minimum absolute atomic E-state index is 0.266. The van der Waals surface area contributed by atoms with Crippen molar-refractivity contribution in [1.29, 1.82) is 0 Å². The van der Waals surface area contributed by atoms with E-state index in [1.165, 1.54) is 11.0 Å². The summed E-state index contributed by atoms with van der Waals surface area (Å²) in [5, 5.41) is 16.1. The number of hydrogen-bond donors (Lipinski definition) is 3. The van der Waals surface area contributed by atoms with Crippen LogP contribution in [0.25, 0.3) is 22.0 Å². The molecule has 0 atom stereocenters. The van der Waals surface area contributed by atoms with Crippen LogP contribution in [-0.4, -0.2) is 58.2 Å². The van der Waals surface area contributed by atoms with Crippen LogP contribution < -0.4 is 15.5 Å². The largest absolute Gasteiger partial charge is 0.465 e. The summed E-state index contributed by atoms with van der Waals surface area (Å²) in [6, 6.07) is 21.4. The Morgan fingerprint density at radius 3 is 2.43 bits per heavy atom. The molecule has 1 aromatic heterocycles. The smallest absolute Gasteiger partial charge is 0.407 e. The van der Waals surface area contributed by atoms with Crippen molar-refractivity contribution in [2.24, 2.45) is 0 Å². The van der Waals surface area contributed by atoms with Gasteiger partial charge in [-0.3, -0.25) is 4.79 Å². The van der Waals surface area contributed by atoms with Gasteiger partial charge in [-0.15, -0.1) is 0 Å². The highest BCUT2D eigenvalue weighted by atomic mass is 16.4. The zero-order chi connectivity index (χ0) is 25.8. The first-order chi connectivity index (χ1) is 18.0. The molecule has 5 rings (SSSR count). The third-order valence-corrected chi connectivity index (χ3v) is 6.28. The van der Waals surface area contributed by atoms with E-state index in [1.807, 2.05) is 66.7 Å². The summed E-state index contributed by atoms with van der Waals surface area (Å²) in [6.07, 6.45) is 2.15. The minimum Gasteiger partial charge on any atom is -0.465 e. The maximum absolute atomic E-state index is 11.7. The summed E-state index contributed by atoms with van der Waals surface area (Å²) in [5.74, 6) is 0.205. The number of aromatic nitrogens is 2. The number of fused-ring (bicyclic) bond motifs is 1. The van der Waals surface area contributed by atoms with Crippen molar-refractivity contribution >= 4 is 45.9 Å². The Morgan fingerprint density at radius 1 is 0.946 bits per heavy atom. The summed E-state index contributed by atoms with van der Waals surface area (Å²) in [5.41, 5.74) is 5.20. The van der Waals surface area contributed by atoms with Crippen molar-refractivity contribution in [2.75, 3.05) is 41.7 Å². The number of para-hydroxylation sites is 1. The monoisotopic (exact) mass is 494 g/mol. The van der Waals surface area contributed by atoms with Crippen molar-refractivity contribution in [3.8, 4) is 11.1 Å². The van der Waals surface area contributed by atoms with E-state index in [2.05, 4.69) is 27.1 Å².